The van der Waals surface area contributed by atoms with Gasteiger partial charge in [-0.2, -0.15) is 0 Å². The van der Waals surface area contributed by atoms with Crippen LogP contribution in [0.5, 0.6) is 0 Å². The minimum absolute atomic E-state index is 0.141. The van der Waals surface area contributed by atoms with Gasteiger partial charge in [0.15, 0.2) is 0 Å². The smallest absolute Gasteiger partial charge is 0.254 e. The van der Waals surface area contributed by atoms with Crippen molar-refractivity contribution in [2.75, 3.05) is 0 Å². The van der Waals surface area contributed by atoms with Crippen molar-refractivity contribution in [1.29, 1.82) is 0 Å². The van der Waals surface area contributed by atoms with E-state index in [1.54, 1.807) is 18.2 Å². The number of thiophene rings is 1. The highest BCUT2D eigenvalue weighted by atomic mass is 32.1. The maximum Gasteiger partial charge on any atom is 0.254 e. The second-order valence-electron chi connectivity index (χ2n) is 7.11. The number of fused-ring (bicyclic) bond motifs is 2. The molecule has 1 unspecified atom stereocenters. The van der Waals surface area contributed by atoms with Crippen LogP contribution in [0.3, 0.4) is 0 Å². The van der Waals surface area contributed by atoms with Crippen LogP contribution in [0.15, 0.2) is 41.8 Å². The topological polar surface area (TPSA) is 32.3 Å². The van der Waals surface area contributed by atoms with Gasteiger partial charge in [0.05, 0.1) is 5.56 Å². The number of nitrogens with zero attached hydrogens (tertiary/aromatic N) is 1. The fourth-order valence-electron chi connectivity index (χ4n) is 4.35. The lowest BCUT2D eigenvalue weighted by Gasteiger charge is -2.49. The first-order valence-electron chi connectivity index (χ1n) is 9.04. The summed E-state index contributed by atoms with van der Waals surface area (Å²) < 4.78 is 13.8. The number of amides is 1. The lowest BCUT2D eigenvalue weighted by atomic mass is 9.81. The molecule has 2 fully saturated rings. The number of hydrogen-bond acceptors (Lipinski definition) is 3. The molecular formula is C20H23FN2OS. The van der Waals surface area contributed by atoms with Crippen molar-refractivity contribution in [2.45, 2.75) is 56.8 Å². The zero-order chi connectivity index (χ0) is 17.2. The molecule has 132 valence electrons. The Kier molecular flexibility index (Phi) is 4.86. The molecule has 3 atom stereocenters. The van der Waals surface area contributed by atoms with E-state index in [0.717, 1.165) is 19.4 Å². The third kappa shape index (κ3) is 3.62. The van der Waals surface area contributed by atoms with Crippen molar-refractivity contribution in [3.8, 4) is 0 Å². The van der Waals surface area contributed by atoms with Gasteiger partial charge in [-0.1, -0.05) is 24.6 Å². The highest BCUT2D eigenvalue weighted by molar-refractivity contribution is 7.09. The Labute approximate surface area is 151 Å². The Morgan fingerprint density at radius 3 is 2.60 bits per heavy atom. The molecular weight excluding hydrogens is 335 g/mol. The average molecular weight is 358 g/mol. The molecule has 3 heterocycles. The second-order valence-corrected chi connectivity index (χ2v) is 8.14. The number of halogens is 1. The van der Waals surface area contributed by atoms with E-state index in [0.29, 0.717) is 12.1 Å². The summed E-state index contributed by atoms with van der Waals surface area (Å²) in [7, 11) is 0. The molecule has 2 saturated heterocycles. The van der Waals surface area contributed by atoms with E-state index >= 15 is 0 Å². The molecule has 2 aliphatic heterocycles. The zero-order valence-electron chi connectivity index (χ0n) is 14.2. The highest BCUT2D eigenvalue weighted by Gasteiger charge is 2.38. The predicted octanol–water partition coefficient (Wildman–Crippen LogP) is 4.20. The summed E-state index contributed by atoms with van der Waals surface area (Å²) in [5, 5.41) is 5.21. The molecule has 1 aromatic carbocycles. The van der Waals surface area contributed by atoms with Crippen molar-refractivity contribution < 1.29 is 9.18 Å². The van der Waals surface area contributed by atoms with Crippen molar-refractivity contribution >= 4 is 17.2 Å². The number of benzene rings is 1. The normalized spacial score (nSPS) is 26.4. The summed E-state index contributed by atoms with van der Waals surface area (Å²) >= 11 is 1.81. The lowest BCUT2D eigenvalue weighted by molar-refractivity contribution is 0.0184. The van der Waals surface area contributed by atoms with Crippen LogP contribution in [-0.2, 0) is 6.54 Å². The average Bonchev–Trinajstić information content (AvgIpc) is 3.09. The van der Waals surface area contributed by atoms with Gasteiger partial charge in [-0.15, -0.1) is 11.3 Å². The summed E-state index contributed by atoms with van der Waals surface area (Å²) in [6.07, 6.45) is 5.57. The van der Waals surface area contributed by atoms with E-state index in [2.05, 4.69) is 27.7 Å². The fourth-order valence-corrected chi connectivity index (χ4v) is 5.06. The van der Waals surface area contributed by atoms with Gasteiger partial charge in [0.2, 0.25) is 0 Å². The second kappa shape index (κ2) is 7.26. The third-order valence-corrected chi connectivity index (χ3v) is 6.36. The lowest BCUT2D eigenvalue weighted by Crippen LogP contribution is -2.56. The first-order chi connectivity index (χ1) is 12.2. The van der Waals surface area contributed by atoms with E-state index in [9.17, 15) is 9.18 Å². The maximum atomic E-state index is 13.8. The summed E-state index contributed by atoms with van der Waals surface area (Å²) in [6, 6.07) is 11.7. The molecule has 5 heteroatoms. The highest BCUT2D eigenvalue weighted by Crippen LogP contribution is 2.35. The summed E-state index contributed by atoms with van der Waals surface area (Å²) in [5.41, 5.74) is 0.147. The van der Waals surface area contributed by atoms with Crippen molar-refractivity contribution in [3.05, 3.63) is 58.0 Å². The van der Waals surface area contributed by atoms with Gasteiger partial charge in [-0.3, -0.25) is 9.69 Å². The van der Waals surface area contributed by atoms with E-state index in [-0.39, 0.29) is 17.5 Å². The Hall–Kier alpha value is -1.72. The number of carbonyl (C=O) groups excluding carboxylic acids is 1. The first kappa shape index (κ1) is 16.7. The van der Waals surface area contributed by atoms with Gasteiger partial charge in [0.1, 0.15) is 5.82 Å². The van der Waals surface area contributed by atoms with Crippen LogP contribution in [0.2, 0.25) is 0 Å². The maximum absolute atomic E-state index is 13.8. The van der Waals surface area contributed by atoms with E-state index in [1.165, 1.54) is 30.2 Å². The molecule has 2 aromatic rings. The number of carbonyl (C=O) groups is 1. The van der Waals surface area contributed by atoms with Crippen molar-refractivity contribution in [3.63, 3.8) is 0 Å². The first-order valence-corrected chi connectivity index (χ1v) is 9.92. The molecule has 2 bridgehead atoms. The van der Waals surface area contributed by atoms with Gasteiger partial charge in [-0.25, -0.2) is 4.39 Å². The summed E-state index contributed by atoms with van der Waals surface area (Å²) in [6.45, 7) is 1.01. The molecule has 4 rings (SSSR count). The molecule has 25 heavy (non-hydrogen) atoms. The molecule has 1 aromatic heterocycles. The zero-order valence-corrected chi connectivity index (χ0v) is 15.0. The monoisotopic (exact) mass is 358 g/mol. The molecule has 3 nitrogen and oxygen atoms in total. The van der Waals surface area contributed by atoms with Gasteiger partial charge < -0.3 is 5.32 Å². The Morgan fingerprint density at radius 2 is 1.92 bits per heavy atom. The Bertz CT molecular complexity index is 719. The number of piperidine rings is 2. The van der Waals surface area contributed by atoms with E-state index in [4.69, 9.17) is 0 Å². The Balaban J connectivity index is 1.43. The molecule has 0 aliphatic carbocycles. The van der Waals surface area contributed by atoms with Gasteiger partial charge >= 0.3 is 0 Å². The van der Waals surface area contributed by atoms with Gasteiger partial charge in [0.25, 0.3) is 5.91 Å². The summed E-state index contributed by atoms with van der Waals surface area (Å²) in [4.78, 5) is 16.5. The van der Waals surface area contributed by atoms with Crippen LogP contribution >= 0.6 is 11.3 Å². The fraction of sp³-hybridized carbons (Fsp3) is 0.450. The number of hydrogen-bond donors (Lipinski definition) is 1. The van der Waals surface area contributed by atoms with Crippen LogP contribution in [0.25, 0.3) is 0 Å². The molecule has 1 N–H and O–H groups in total. The third-order valence-electron chi connectivity index (χ3n) is 5.50. The van der Waals surface area contributed by atoms with Crippen LogP contribution < -0.4 is 5.32 Å². The predicted molar refractivity (Wildman–Crippen MR) is 98.2 cm³/mol. The molecule has 1 amide bonds. The SMILES string of the molecule is O=C(NC1C[C@H]2CCC[C@@H](C1)N2Cc1cccs1)c1ccccc1F. The molecule has 0 radical (unpaired) electrons. The van der Waals surface area contributed by atoms with Crippen LogP contribution in [0.4, 0.5) is 4.39 Å². The number of rotatable bonds is 4. The van der Waals surface area contributed by atoms with E-state index < -0.39 is 5.82 Å². The quantitative estimate of drug-likeness (QED) is 0.888. The van der Waals surface area contributed by atoms with Crippen molar-refractivity contribution in [1.82, 2.24) is 10.2 Å². The standard InChI is InChI=1S/C20H23FN2OS/c21-19-9-2-1-8-18(19)20(24)22-14-11-15-5-3-6-16(12-14)23(15)13-17-7-4-10-25-17/h1-2,4,7-10,14-16H,3,5-6,11-13H2,(H,22,24)/t14?,15-,16+. The molecule has 0 saturated carbocycles. The minimum Gasteiger partial charge on any atom is -0.349 e. The van der Waals surface area contributed by atoms with Crippen LogP contribution in [0, 0.1) is 5.82 Å². The molecule has 0 spiro atoms. The Morgan fingerprint density at radius 1 is 1.16 bits per heavy atom. The number of nitrogens with one attached hydrogen (secondary N) is 1. The van der Waals surface area contributed by atoms with Gasteiger partial charge in [-0.05, 0) is 49.3 Å². The molecule has 2 aliphatic rings. The van der Waals surface area contributed by atoms with Crippen molar-refractivity contribution in [2.24, 2.45) is 0 Å². The van der Waals surface area contributed by atoms with Crippen LogP contribution in [-0.4, -0.2) is 28.9 Å². The largest absolute Gasteiger partial charge is 0.349 e. The van der Waals surface area contributed by atoms with Gasteiger partial charge in [0, 0.05) is 29.5 Å². The van der Waals surface area contributed by atoms with Crippen LogP contribution in [0.1, 0.15) is 47.3 Å². The van der Waals surface area contributed by atoms with E-state index in [1.807, 2.05) is 11.3 Å². The minimum atomic E-state index is -0.449. The summed E-state index contributed by atoms with van der Waals surface area (Å²) in [5.74, 6) is -0.733.